The standard InChI is InChI=1S/C16H18N2O4/c19-15(18-5-6-22-12(10-18)8-16(20)21)7-11-9-17-14-4-2-1-3-13(11)14/h1-4,9,12,17H,5-8,10H2,(H,20,21)/t12-/m1/s1. The van der Waals surface area contributed by atoms with E-state index in [9.17, 15) is 9.59 Å². The quantitative estimate of drug-likeness (QED) is 0.894. The van der Waals surface area contributed by atoms with Crippen LogP contribution in [0.5, 0.6) is 0 Å². The maximum Gasteiger partial charge on any atom is 0.306 e. The van der Waals surface area contributed by atoms with Crippen molar-refractivity contribution in [3.8, 4) is 0 Å². The van der Waals surface area contributed by atoms with Crippen LogP contribution in [0.1, 0.15) is 12.0 Å². The van der Waals surface area contributed by atoms with Gasteiger partial charge in [0.25, 0.3) is 0 Å². The highest BCUT2D eigenvalue weighted by Crippen LogP contribution is 2.19. The van der Waals surface area contributed by atoms with Gasteiger partial charge in [-0.3, -0.25) is 9.59 Å². The molecule has 22 heavy (non-hydrogen) atoms. The monoisotopic (exact) mass is 302 g/mol. The van der Waals surface area contributed by atoms with Crippen LogP contribution < -0.4 is 0 Å². The van der Waals surface area contributed by atoms with Crippen molar-refractivity contribution in [1.29, 1.82) is 0 Å². The number of hydrogen-bond donors (Lipinski definition) is 2. The highest BCUT2D eigenvalue weighted by Gasteiger charge is 2.26. The minimum Gasteiger partial charge on any atom is -0.481 e. The Morgan fingerprint density at radius 2 is 2.18 bits per heavy atom. The Labute approximate surface area is 127 Å². The number of carbonyl (C=O) groups excluding carboxylic acids is 1. The third-order valence-electron chi connectivity index (χ3n) is 3.91. The van der Waals surface area contributed by atoms with E-state index in [-0.39, 0.29) is 12.3 Å². The number of nitrogens with zero attached hydrogens (tertiary/aromatic N) is 1. The van der Waals surface area contributed by atoms with Crippen molar-refractivity contribution in [2.24, 2.45) is 0 Å². The van der Waals surface area contributed by atoms with E-state index in [0.29, 0.717) is 26.1 Å². The van der Waals surface area contributed by atoms with Gasteiger partial charge in [-0.2, -0.15) is 0 Å². The van der Waals surface area contributed by atoms with Gasteiger partial charge in [-0.05, 0) is 11.6 Å². The summed E-state index contributed by atoms with van der Waals surface area (Å²) in [7, 11) is 0. The van der Waals surface area contributed by atoms with Gasteiger partial charge >= 0.3 is 5.97 Å². The number of carbonyl (C=O) groups is 2. The molecule has 0 unspecified atom stereocenters. The van der Waals surface area contributed by atoms with Gasteiger partial charge in [0.05, 0.1) is 25.6 Å². The Morgan fingerprint density at radius 3 is 3.00 bits per heavy atom. The second kappa shape index (κ2) is 6.19. The Hall–Kier alpha value is -2.34. The third-order valence-corrected chi connectivity index (χ3v) is 3.91. The molecule has 1 fully saturated rings. The van der Waals surface area contributed by atoms with E-state index < -0.39 is 12.1 Å². The van der Waals surface area contributed by atoms with E-state index in [1.165, 1.54) is 0 Å². The number of para-hydroxylation sites is 1. The smallest absolute Gasteiger partial charge is 0.306 e. The molecule has 0 spiro atoms. The number of aromatic amines is 1. The molecule has 1 saturated heterocycles. The number of carboxylic acid groups (broad SMARTS) is 1. The van der Waals surface area contributed by atoms with Crippen molar-refractivity contribution in [2.75, 3.05) is 19.7 Å². The highest BCUT2D eigenvalue weighted by atomic mass is 16.5. The lowest BCUT2D eigenvalue weighted by Gasteiger charge is -2.32. The van der Waals surface area contributed by atoms with Crippen molar-refractivity contribution in [1.82, 2.24) is 9.88 Å². The minimum atomic E-state index is -0.907. The number of aromatic nitrogens is 1. The molecule has 0 aliphatic carbocycles. The van der Waals surface area contributed by atoms with Crippen LogP contribution in [0.2, 0.25) is 0 Å². The second-order valence-corrected chi connectivity index (χ2v) is 5.47. The zero-order chi connectivity index (χ0) is 15.5. The number of carboxylic acids is 1. The molecule has 0 radical (unpaired) electrons. The molecule has 1 aromatic carbocycles. The van der Waals surface area contributed by atoms with Gasteiger partial charge < -0.3 is 19.7 Å². The van der Waals surface area contributed by atoms with Gasteiger partial charge in [0.2, 0.25) is 5.91 Å². The van der Waals surface area contributed by atoms with Crippen LogP contribution in [-0.2, 0) is 20.7 Å². The number of amides is 1. The molecule has 1 aliphatic rings. The largest absolute Gasteiger partial charge is 0.481 e. The first-order valence-electron chi connectivity index (χ1n) is 7.29. The van der Waals surface area contributed by atoms with Gasteiger partial charge in [-0.1, -0.05) is 18.2 Å². The lowest BCUT2D eigenvalue weighted by atomic mass is 10.1. The Bertz CT molecular complexity index is 694. The number of H-pyrrole nitrogens is 1. The van der Waals surface area contributed by atoms with Crippen LogP contribution in [0.15, 0.2) is 30.5 Å². The molecule has 2 aromatic rings. The predicted octanol–water partition coefficient (Wildman–Crippen LogP) is 1.41. The number of benzene rings is 1. The number of hydrogen-bond acceptors (Lipinski definition) is 3. The molecule has 6 heteroatoms. The fraction of sp³-hybridized carbons (Fsp3) is 0.375. The van der Waals surface area contributed by atoms with E-state index >= 15 is 0 Å². The van der Waals surface area contributed by atoms with E-state index in [2.05, 4.69) is 4.98 Å². The molecular weight excluding hydrogens is 284 g/mol. The summed E-state index contributed by atoms with van der Waals surface area (Å²) < 4.78 is 5.39. The van der Waals surface area contributed by atoms with Gasteiger partial charge in [0.15, 0.2) is 0 Å². The second-order valence-electron chi connectivity index (χ2n) is 5.47. The topological polar surface area (TPSA) is 82.6 Å². The van der Waals surface area contributed by atoms with Crippen LogP contribution in [-0.4, -0.2) is 52.7 Å². The van der Waals surface area contributed by atoms with Crippen LogP contribution in [0.3, 0.4) is 0 Å². The highest BCUT2D eigenvalue weighted by molar-refractivity contribution is 5.89. The summed E-state index contributed by atoms with van der Waals surface area (Å²) >= 11 is 0. The summed E-state index contributed by atoms with van der Waals surface area (Å²) in [6, 6.07) is 7.85. The number of rotatable bonds is 4. The molecular formula is C16H18N2O4. The molecule has 1 amide bonds. The third kappa shape index (κ3) is 3.12. The predicted molar refractivity (Wildman–Crippen MR) is 80.6 cm³/mol. The average molecular weight is 302 g/mol. The first-order chi connectivity index (χ1) is 10.6. The Balaban J connectivity index is 1.67. The van der Waals surface area contributed by atoms with Gasteiger partial charge in [0, 0.05) is 30.2 Å². The van der Waals surface area contributed by atoms with Crippen LogP contribution >= 0.6 is 0 Å². The minimum absolute atomic E-state index is 0.00319. The average Bonchev–Trinajstić information content (AvgIpc) is 2.90. The molecule has 3 rings (SSSR count). The Kier molecular flexibility index (Phi) is 4.11. The van der Waals surface area contributed by atoms with E-state index in [0.717, 1.165) is 16.5 Å². The number of aliphatic carboxylic acids is 1. The summed E-state index contributed by atoms with van der Waals surface area (Å²) in [6.45, 7) is 1.24. The number of fused-ring (bicyclic) bond motifs is 1. The van der Waals surface area contributed by atoms with Gasteiger partial charge in [-0.25, -0.2) is 0 Å². The molecule has 2 heterocycles. The zero-order valence-corrected chi connectivity index (χ0v) is 12.1. The van der Waals surface area contributed by atoms with Crippen molar-refractivity contribution in [3.05, 3.63) is 36.0 Å². The summed E-state index contributed by atoms with van der Waals surface area (Å²) in [6.07, 6.45) is 1.68. The van der Waals surface area contributed by atoms with Gasteiger partial charge in [0.1, 0.15) is 0 Å². The van der Waals surface area contributed by atoms with Crippen molar-refractivity contribution >= 4 is 22.8 Å². The van der Waals surface area contributed by atoms with E-state index in [1.807, 2.05) is 30.5 Å². The molecule has 6 nitrogen and oxygen atoms in total. The van der Waals surface area contributed by atoms with Crippen molar-refractivity contribution in [2.45, 2.75) is 18.9 Å². The Morgan fingerprint density at radius 1 is 1.36 bits per heavy atom. The first kappa shape index (κ1) is 14.6. The molecule has 1 aliphatic heterocycles. The SMILES string of the molecule is O=C(O)C[C@@H]1CN(C(=O)Cc2c[nH]c3ccccc23)CCO1. The van der Waals surface area contributed by atoms with Crippen molar-refractivity contribution in [3.63, 3.8) is 0 Å². The molecule has 0 bridgehead atoms. The maximum absolute atomic E-state index is 12.4. The van der Waals surface area contributed by atoms with Crippen LogP contribution in [0.4, 0.5) is 0 Å². The van der Waals surface area contributed by atoms with Crippen molar-refractivity contribution < 1.29 is 19.4 Å². The summed E-state index contributed by atoms with van der Waals surface area (Å²) in [5, 5.41) is 9.88. The normalized spacial score (nSPS) is 18.5. The number of morpholine rings is 1. The molecule has 0 saturated carbocycles. The van der Waals surface area contributed by atoms with Crippen LogP contribution in [0, 0.1) is 0 Å². The number of ether oxygens (including phenoxy) is 1. The lowest BCUT2D eigenvalue weighted by molar-refractivity contribution is -0.147. The summed E-state index contributed by atoms with van der Waals surface area (Å²) in [5.74, 6) is -0.903. The summed E-state index contributed by atoms with van der Waals surface area (Å²) in [4.78, 5) is 28.1. The fourth-order valence-corrected chi connectivity index (χ4v) is 2.82. The zero-order valence-electron chi connectivity index (χ0n) is 12.1. The fourth-order valence-electron chi connectivity index (χ4n) is 2.82. The van der Waals surface area contributed by atoms with Gasteiger partial charge in [-0.15, -0.1) is 0 Å². The summed E-state index contributed by atoms with van der Waals surface area (Å²) in [5.41, 5.74) is 1.97. The molecule has 116 valence electrons. The van der Waals surface area contributed by atoms with E-state index in [4.69, 9.17) is 9.84 Å². The molecule has 1 atom stereocenters. The molecule has 2 N–H and O–H groups in total. The molecule has 1 aromatic heterocycles. The number of nitrogens with one attached hydrogen (secondary N) is 1. The van der Waals surface area contributed by atoms with E-state index in [1.54, 1.807) is 4.90 Å². The lowest BCUT2D eigenvalue weighted by Crippen LogP contribution is -2.46. The van der Waals surface area contributed by atoms with Crippen LogP contribution in [0.25, 0.3) is 10.9 Å². The first-order valence-corrected chi connectivity index (χ1v) is 7.29. The maximum atomic E-state index is 12.4.